The van der Waals surface area contributed by atoms with Crippen LogP contribution in [0.3, 0.4) is 0 Å². The Hall–Kier alpha value is -2.37. The minimum Gasteiger partial charge on any atom is -0.466 e. The number of amides is 2. The van der Waals surface area contributed by atoms with Crippen LogP contribution in [0.5, 0.6) is 0 Å². The van der Waals surface area contributed by atoms with Crippen molar-refractivity contribution in [1.29, 1.82) is 0 Å². The lowest BCUT2D eigenvalue weighted by molar-refractivity contribution is -0.143. The van der Waals surface area contributed by atoms with E-state index in [9.17, 15) is 14.4 Å². The number of carbonyl (C=O) groups excluding carboxylic acids is 3. The number of fused-ring (bicyclic) bond motifs is 1. The number of hydrogen-bond acceptors (Lipinski definition) is 4. The predicted octanol–water partition coefficient (Wildman–Crippen LogP) is 2.08. The van der Waals surface area contributed by atoms with Gasteiger partial charge < -0.3 is 14.5 Å². The molecule has 0 bridgehead atoms. The summed E-state index contributed by atoms with van der Waals surface area (Å²) >= 11 is 0. The maximum Gasteiger partial charge on any atom is 0.307 e. The molecule has 1 heterocycles. The second-order valence-electron chi connectivity index (χ2n) is 6.16. The monoisotopic (exact) mass is 332 g/mol. The number of anilines is 1. The Kier molecular flexibility index (Phi) is 5.59. The summed E-state index contributed by atoms with van der Waals surface area (Å²) in [6.45, 7) is 5.99. The molecule has 0 aliphatic carbocycles. The molecule has 130 valence electrons. The summed E-state index contributed by atoms with van der Waals surface area (Å²) in [6.07, 6.45) is 0.0714. The number of esters is 1. The summed E-state index contributed by atoms with van der Waals surface area (Å²) in [5.74, 6) is -0.815. The minimum absolute atomic E-state index is 0.0691. The van der Waals surface area contributed by atoms with E-state index in [-0.39, 0.29) is 36.7 Å². The van der Waals surface area contributed by atoms with Gasteiger partial charge in [0.15, 0.2) is 0 Å². The van der Waals surface area contributed by atoms with Gasteiger partial charge in [0.2, 0.25) is 5.91 Å². The highest BCUT2D eigenvalue weighted by Crippen LogP contribution is 2.29. The molecular weight excluding hydrogens is 308 g/mol. The molecule has 0 fully saturated rings. The van der Waals surface area contributed by atoms with Crippen molar-refractivity contribution in [2.24, 2.45) is 5.92 Å². The first-order chi connectivity index (χ1) is 11.4. The van der Waals surface area contributed by atoms with Gasteiger partial charge in [-0.3, -0.25) is 14.4 Å². The second-order valence-corrected chi connectivity index (χ2v) is 6.16. The standard InChI is InChI=1S/C18H24N2O4/c1-5-24-15(21)10-11-20-16(12(2)3)18(23)19(4)14-9-7-6-8-13(14)17(20)22/h6-9,12,16H,5,10-11H2,1-4H3/t16-/m0/s1. The average molecular weight is 332 g/mol. The third-order valence-corrected chi connectivity index (χ3v) is 4.17. The van der Waals surface area contributed by atoms with E-state index in [0.29, 0.717) is 17.9 Å². The van der Waals surface area contributed by atoms with Gasteiger partial charge >= 0.3 is 5.97 Å². The van der Waals surface area contributed by atoms with E-state index in [1.54, 1.807) is 38.2 Å². The van der Waals surface area contributed by atoms with Gasteiger partial charge in [0.25, 0.3) is 5.91 Å². The molecule has 0 radical (unpaired) electrons. The lowest BCUT2D eigenvalue weighted by Gasteiger charge is -2.32. The van der Waals surface area contributed by atoms with Crippen molar-refractivity contribution in [3.05, 3.63) is 29.8 Å². The Balaban J connectivity index is 2.39. The van der Waals surface area contributed by atoms with Crippen molar-refractivity contribution in [3.8, 4) is 0 Å². The second kappa shape index (κ2) is 7.47. The molecule has 0 saturated carbocycles. The van der Waals surface area contributed by atoms with E-state index in [4.69, 9.17) is 4.74 Å². The van der Waals surface area contributed by atoms with Gasteiger partial charge in [-0.15, -0.1) is 0 Å². The van der Waals surface area contributed by atoms with E-state index in [1.165, 1.54) is 9.80 Å². The lowest BCUT2D eigenvalue weighted by Crippen LogP contribution is -2.51. The van der Waals surface area contributed by atoms with Crippen molar-refractivity contribution >= 4 is 23.5 Å². The fraction of sp³-hybridized carbons (Fsp3) is 0.500. The average Bonchev–Trinajstić information content (AvgIpc) is 2.63. The molecule has 2 rings (SSSR count). The van der Waals surface area contributed by atoms with Crippen LogP contribution in [-0.2, 0) is 14.3 Å². The molecule has 6 heteroatoms. The largest absolute Gasteiger partial charge is 0.466 e. The smallest absolute Gasteiger partial charge is 0.307 e. The van der Waals surface area contributed by atoms with Crippen LogP contribution in [0.2, 0.25) is 0 Å². The number of carbonyl (C=O) groups is 3. The van der Waals surface area contributed by atoms with E-state index < -0.39 is 6.04 Å². The highest BCUT2D eigenvalue weighted by molar-refractivity contribution is 6.10. The van der Waals surface area contributed by atoms with Crippen molar-refractivity contribution in [2.75, 3.05) is 25.1 Å². The van der Waals surface area contributed by atoms with Crippen LogP contribution in [0.1, 0.15) is 37.6 Å². The summed E-state index contributed by atoms with van der Waals surface area (Å²) < 4.78 is 4.94. The van der Waals surface area contributed by atoms with E-state index in [1.807, 2.05) is 13.8 Å². The summed E-state index contributed by atoms with van der Waals surface area (Å²) in [5, 5.41) is 0. The van der Waals surface area contributed by atoms with Crippen LogP contribution in [0.4, 0.5) is 5.69 Å². The zero-order chi connectivity index (χ0) is 17.9. The normalized spacial score (nSPS) is 17.8. The van der Waals surface area contributed by atoms with Crippen LogP contribution in [0.15, 0.2) is 24.3 Å². The van der Waals surface area contributed by atoms with Crippen LogP contribution in [0.25, 0.3) is 0 Å². The fourth-order valence-electron chi connectivity index (χ4n) is 3.01. The quantitative estimate of drug-likeness (QED) is 0.774. The maximum absolute atomic E-state index is 13.0. The van der Waals surface area contributed by atoms with E-state index in [0.717, 1.165) is 0 Å². The summed E-state index contributed by atoms with van der Waals surface area (Å²) in [4.78, 5) is 40.6. The molecular formula is C18H24N2O4. The fourth-order valence-corrected chi connectivity index (χ4v) is 3.01. The molecule has 0 spiro atoms. The zero-order valence-corrected chi connectivity index (χ0v) is 14.6. The predicted molar refractivity (Wildman–Crippen MR) is 90.8 cm³/mol. The molecule has 1 aromatic carbocycles. The third-order valence-electron chi connectivity index (χ3n) is 4.17. The highest BCUT2D eigenvalue weighted by atomic mass is 16.5. The molecule has 24 heavy (non-hydrogen) atoms. The first kappa shape index (κ1) is 18.0. The molecule has 0 aromatic heterocycles. The number of benzene rings is 1. The Morgan fingerprint density at radius 3 is 2.54 bits per heavy atom. The van der Waals surface area contributed by atoms with Gasteiger partial charge in [-0.1, -0.05) is 26.0 Å². The van der Waals surface area contributed by atoms with Crippen molar-refractivity contribution in [1.82, 2.24) is 4.90 Å². The van der Waals surface area contributed by atoms with Gasteiger partial charge in [-0.05, 0) is 25.0 Å². The molecule has 2 amide bonds. The van der Waals surface area contributed by atoms with E-state index in [2.05, 4.69) is 0 Å². The minimum atomic E-state index is -0.607. The van der Waals surface area contributed by atoms with Crippen LogP contribution >= 0.6 is 0 Å². The molecule has 1 atom stereocenters. The molecule has 1 aliphatic heterocycles. The number of nitrogens with zero attached hydrogens (tertiary/aromatic N) is 2. The molecule has 6 nitrogen and oxygen atoms in total. The van der Waals surface area contributed by atoms with Crippen LogP contribution < -0.4 is 4.90 Å². The molecule has 1 aromatic rings. The van der Waals surface area contributed by atoms with Crippen molar-refractivity contribution in [3.63, 3.8) is 0 Å². The third kappa shape index (κ3) is 3.42. The maximum atomic E-state index is 13.0. The molecule has 1 aliphatic rings. The molecule has 0 saturated heterocycles. The lowest BCUT2D eigenvalue weighted by atomic mass is 10.0. The summed E-state index contributed by atoms with van der Waals surface area (Å²) in [5.41, 5.74) is 1.07. The number of ether oxygens (including phenoxy) is 1. The zero-order valence-electron chi connectivity index (χ0n) is 14.6. The van der Waals surface area contributed by atoms with Crippen molar-refractivity contribution in [2.45, 2.75) is 33.2 Å². The first-order valence-corrected chi connectivity index (χ1v) is 8.21. The Morgan fingerprint density at radius 2 is 1.92 bits per heavy atom. The number of likely N-dealkylation sites (N-methyl/N-ethyl adjacent to an activating group) is 1. The Bertz CT molecular complexity index is 642. The SMILES string of the molecule is CCOC(=O)CCN1C(=O)c2ccccc2N(C)C(=O)[C@@H]1C(C)C. The first-order valence-electron chi connectivity index (χ1n) is 8.21. The van der Waals surface area contributed by atoms with Gasteiger partial charge in [-0.25, -0.2) is 0 Å². The number of hydrogen-bond donors (Lipinski definition) is 0. The highest BCUT2D eigenvalue weighted by Gasteiger charge is 2.39. The van der Waals surface area contributed by atoms with Crippen LogP contribution in [0, 0.1) is 5.92 Å². The van der Waals surface area contributed by atoms with Gasteiger partial charge in [0.1, 0.15) is 6.04 Å². The van der Waals surface area contributed by atoms with E-state index >= 15 is 0 Å². The topological polar surface area (TPSA) is 66.9 Å². The summed E-state index contributed by atoms with van der Waals surface area (Å²) in [7, 11) is 1.68. The van der Waals surface area contributed by atoms with Gasteiger partial charge in [0.05, 0.1) is 24.3 Å². The molecule has 0 unspecified atom stereocenters. The Morgan fingerprint density at radius 1 is 1.25 bits per heavy atom. The van der Waals surface area contributed by atoms with Gasteiger partial charge in [0, 0.05) is 13.6 Å². The Labute approximate surface area is 142 Å². The van der Waals surface area contributed by atoms with Crippen molar-refractivity contribution < 1.29 is 19.1 Å². The van der Waals surface area contributed by atoms with Gasteiger partial charge in [-0.2, -0.15) is 0 Å². The molecule has 0 N–H and O–H groups in total. The van der Waals surface area contributed by atoms with Crippen LogP contribution in [-0.4, -0.2) is 48.9 Å². The number of rotatable bonds is 5. The number of para-hydroxylation sites is 1. The summed E-state index contributed by atoms with van der Waals surface area (Å²) in [6, 6.07) is 6.44.